The van der Waals surface area contributed by atoms with Gasteiger partial charge in [-0.1, -0.05) is 59.6 Å². The third-order valence-electron chi connectivity index (χ3n) is 2.54. The molecular weight excluding hydrogens is 279 g/mol. The van der Waals surface area contributed by atoms with Crippen LogP contribution in [0.3, 0.4) is 0 Å². The van der Waals surface area contributed by atoms with E-state index in [0.717, 1.165) is 11.1 Å². The summed E-state index contributed by atoms with van der Waals surface area (Å²) in [6.45, 7) is 0. The van der Waals surface area contributed by atoms with Gasteiger partial charge in [0.1, 0.15) is 5.84 Å². The standard InChI is InChI=1S/C15H12Cl2N2/c16-13-7-4-8-14(17)12(13)9-10-19-15(18)11-5-2-1-3-6-11/h1-10H,(H2,18,19)/b10-9+. The Morgan fingerprint density at radius 1 is 0.947 bits per heavy atom. The Hall–Kier alpha value is -1.77. The highest BCUT2D eigenvalue weighted by Gasteiger charge is 2.01. The maximum Gasteiger partial charge on any atom is 0.129 e. The summed E-state index contributed by atoms with van der Waals surface area (Å²) in [5.74, 6) is 0.319. The molecule has 2 aromatic carbocycles. The van der Waals surface area contributed by atoms with Crippen LogP contribution in [0.15, 0.2) is 54.7 Å². The first-order valence-corrected chi connectivity index (χ1v) is 6.45. The largest absolute Gasteiger partial charge is 0.347 e. The van der Waals surface area contributed by atoms with E-state index in [2.05, 4.69) is 5.32 Å². The fourth-order valence-electron chi connectivity index (χ4n) is 1.57. The normalized spacial score (nSPS) is 10.6. The van der Waals surface area contributed by atoms with Crippen molar-refractivity contribution in [3.63, 3.8) is 0 Å². The van der Waals surface area contributed by atoms with Gasteiger partial charge >= 0.3 is 0 Å². The molecule has 19 heavy (non-hydrogen) atoms. The van der Waals surface area contributed by atoms with Crippen molar-refractivity contribution in [2.24, 2.45) is 0 Å². The highest BCUT2D eigenvalue weighted by molar-refractivity contribution is 6.37. The molecule has 96 valence electrons. The van der Waals surface area contributed by atoms with Gasteiger partial charge < -0.3 is 5.32 Å². The summed E-state index contributed by atoms with van der Waals surface area (Å²) in [6, 6.07) is 14.8. The van der Waals surface area contributed by atoms with Crippen LogP contribution in [-0.4, -0.2) is 5.84 Å². The Balaban J connectivity index is 2.07. The molecule has 2 nitrogen and oxygen atoms in total. The number of rotatable bonds is 3. The van der Waals surface area contributed by atoms with E-state index >= 15 is 0 Å². The molecule has 0 spiro atoms. The number of hydrogen-bond donors (Lipinski definition) is 2. The molecule has 0 unspecified atom stereocenters. The third-order valence-corrected chi connectivity index (χ3v) is 3.20. The molecule has 0 bridgehead atoms. The van der Waals surface area contributed by atoms with E-state index in [0.29, 0.717) is 15.9 Å². The first-order chi connectivity index (χ1) is 9.18. The first kappa shape index (κ1) is 13.7. The molecule has 0 aliphatic heterocycles. The zero-order chi connectivity index (χ0) is 13.7. The van der Waals surface area contributed by atoms with Crippen LogP contribution in [0, 0.1) is 5.41 Å². The van der Waals surface area contributed by atoms with Gasteiger partial charge in [-0.2, -0.15) is 0 Å². The SMILES string of the molecule is N=C(N/C=C/c1c(Cl)cccc1Cl)c1ccccc1. The zero-order valence-corrected chi connectivity index (χ0v) is 11.5. The summed E-state index contributed by atoms with van der Waals surface area (Å²) in [7, 11) is 0. The van der Waals surface area contributed by atoms with Crippen LogP contribution in [-0.2, 0) is 0 Å². The van der Waals surface area contributed by atoms with Crippen molar-refractivity contribution in [1.29, 1.82) is 5.41 Å². The lowest BCUT2D eigenvalue weighted by Crippen LogP contribution is -2.16. The van der Waals surface area contributed by atoms with E-state index in [1.54, 1.807) is 30.5 Å². The van der Waals surface area contributed by atoms with Crippen LogP contribution in [0.5, 0.6) is 0 Å². The van der Waals surface area contributed by atoms with Gasteiger partial charge in [-0.15, -0.1) is 0 Å². The highest BCUT2D eigenvalue weighted by Crippen LogP contribution is 2.25. The van der Waals surface area contributed by atoms with Gasteiger partial charge in [-0.3, -0.25) is 5.41 Å². The molecule has 0 aliphatic rings. The maximum atomic E-state index is 7.87. The Morgan fingerprint density at radius 3 is 2.21 bits per heavy atom. The second-order valence-corrected chi connectivity index (χ2v) is 4.67. The average Bonchev–Trinajstić information content (AvgIpc) is 2.43. The number of hydrogen-bond acceptors (Lipinski definition) is 1. The molecule has 0 fully saturated rings. The van der Waals surface area contributed by atoms with Crippen LogP contribution >= 0.6 is 23.2 Å². The van der Waals surface area contributed by atoms with Crippen LogP contribution in [0.25, 0.3) is 6.08 Å². The molecule has 0 radical (unpaired) electrons. The molecule has 0 aromatic heterocycles. The second kappa shape index (κ2) is 6.41. The summed E-state index contributed by atoms with van der Waals surface area (Å²) in [4.78, 5) is 0. The predicted octanol–water partition coefficient (Wildman–Crippen LogP) is 4.58. The molecule has 0 amide bonds. The smallest absolute Gasteiger partial charge is 0.129 e. The summed E-state index contributed by atoms with van der Waals surface area (Å²) in [6.07, 6.45) is 3.41. The topological polar surface area (TPSA) is 35.9 Å². The molecule has 4 heteroatoms. The Bertz CT molecular complexity index is 587. The number of amidine groups is 1. The number of benzene rings is 2. The van der Waals surface area contributed by atoms with Crippen molar-refractivity contribution >= 4 is 35.1 Å². The van der Waals surface area contributed by atoms with E-state index in [-0.39, 0.29) is 0 Å². The second-order valence-electron chi connectivity index (χ2n) is 3.85. The quantitative estimate of drug-likeness (QED) is 0.630. The summed E-state index contributed by atoms with van der Waals surface area (Å²) >= 11 is 12.1. The van der Waals surface area contributed by atoms with Gasteiger partial charge in [-0.05, 0) is 18.2 Å². The third kappa shape index (κ3) is 3.60. The van der Waals surface area contributed by atoms with Gasteiger partial charge in [0.05, 0.1) is 0 Å². The van der Waals surface area contributed by atoms with Crippen LogP contribution < -0.4 is 5.32 Å². The predicted molar refractivity (Wildman–Crippen MR) is 81.9 cm³/mol. The molecule has 0 saturated carbocycles. The lowest BCUT2D eigenvalue weighted by Gasteiger charge is -2.04. The molecule has 0 heterocycles. The Morgan fingerprint density at radius 2 is 1.58 bits per heavy atom. The molecular formula is C15H12Cl2N2. The lowest BCUT2D eigenvalue weighted by molar-refractivity contribution is 1.23. The molecule has 0 atom stereocenters. The Labute approximate surface area is 122 Å². The maximum absolute atomic E-state index is 7.87. The van der Waals surface area contributed by atoms with Crippen molar-refractivity contribution in [2.45, 2.75) is 0 Å². The minimum absolute atomic E-state index is 0.319. The summed E-state index contributed by atoms with van der Waals surface area (Å²) in [5, 5.41) is 11.9. The fourth-order valence-corrected chi connectivity index (χ4v) is 2.09. The van der Waals surface area contributed by atoms with Gasteiger partial charge in [-0.25, -0.2) is 0 Å². The van der Waals surface area contributed by atoms with E-state index in [9.17, 15) is 0 Å². The van der Waals surface area contributed by atoms with Crippen molar-refractivity contribution in [2.75, 3.05) is 0 Å². The van der Waals surface area contributed by atoms with Gasteiger partial charge in [0, 0.05) is 27.4 Å². The van der Waals surface area contributed by atoms with Gasteiger partial charge in [0.25, 0.3) is 0 Å². The van der Waals surface area contributed by atoms with Crippen LogP contribution in [0.1, 0.15) is 11.1 Å². The van der Waals surface area contributed by atoms with Crippen molar-refractivity contribution in [1.82, 2.24) is 5.32 Å². The minimum Gasteiger partial charge on any atom is -0.347 e. The average molecular weight is 291 g/mol. The summed E-state index contributed by atoms with van der Waals surface area (Å²) < 4.78 is 0. The molecule has 0 saturated heterocycles. The van der Waals surface area contributed by atoms with E-state index in [4.69, 9.17) is 28.6 Å². The van der Waals surface area contributed by atoms with Gasteiger partial charge in [0.15, 0.2) is 0 Å². The zero-order valence-electron chi connectivity index (χ0n) is 10.0. The van der Waals surface area contributed by atoms with Crippen molar-refractivity contribution in [3.05, 3.63) is 75.9 Å². The molecule has 2 N–H and O–H groups in total. The van der Waals surface area contributed by atoms with Crippen LogP contribution in [0.4, 0.5) is 0 Å². The lowest BCUT2D eigenvalue weighted by atomic mass is 10.2. The Kier molecular flexibility index (Phi) is 4.61. The first-order valence-electron chi connectivity index (χ1n) is 5.69. The van der Waals surface area contributed by atoms with Crippen molar-refractivity contribution < 1.29 is 0 Å². The van der Waals surface area contributed by atoms with Crippen LogP contribution in [0.2, 0.25) is 10.0 Å². The van der Waals surface area contributed by atoms with E-state index in [1.807, 2.05) is 30.3 Å². The highest BCUT2D eigenvalue weighted by atomic mass is 35.5. The van der Waals surface area contributed by atoms with Crippen molar-refractivity contribution in [3.8, 4) is 0 Å². The monoisotopic (exact) mass is 290 g/mol. The number of nitrogens with one attached hydrogen (secondary N) is 2. The van der Waals surface area contributed by atoms with E-state index < -0.39 is 0 Å². The minimum atomic E-state index is 0.319. The number of halogens is 2. The molecule has 2 rings (SSSR count). The fraction of sp³-hybridized carbons (Fsp3) is 0. The summed E-state index contributed by atoms with van der Waals surface area (Å²) in [5.41, 5.74) is 1.55. The van der Waals surface area contributed by atoms with Gasteiger partial charge in [0.2, 0.25) is 0 Å². The van der Waals surface area contributed by atoms with E-state index in [1.165, 1.54) is 0 Å². The molecule has 0 aliphatic carbocycles. The molecule has 2 aromatic rings.